The Balaban J connectivity index is 2.51. The van der Waals surface area contributed by atoms with Gasteiger partial charge in [-0.1, -0.05) is 13.8 Å². The van der Waals surface area contributed by atoms with E-state index in [0.717, 1.165) is 0 Å². The van der Waals surface area contributed by atoms with Gasteiger partial charge in [0, 0.05) is 25.8 Å². The number of ether oxygens (including phenoxy) is 1. The number of nitrogen functional groups attached to an aromatic ring is 1. The average Bonchev–Trinajstić information content (AvgIpc) is 2.41. The van der Waals surface area contributed by atoms with Crippen molar-refractivity contribution in [3.63, 3.8) is 0 Å². The van der Waals surface area contributed by atoms with Gasteiger partial charge in [-0.05, 0) is 12.3 Å². The third-order valence-corrected chi connectivity index (χ3v) is 2.35. The lowest BCUT2D eigenvalue weighted by Crippen LogP contribution is -2.17. The zero-order valence-corrected chi connectivity index (χ0v) is 12.0. The highest BCUT2D eigenvalue weighted by molar-refractivity contribution is 5.47. The van der Waals surface area contributed by atoms with Gasteiger partial charge in [0.15, 0.2) is 0 Å². The Morgan fingerprint density at radius 2 is 1.95 bits per heavy atom. The Kier molecular flexibility index (Phi) is 6.63. The van der Waals surface area contributed by atoms with Gasteiger partial charge in [-0.2, -0.15) is 13.2 Å². The van der Waals surface area contributed by atoms with E-state index in [1.54, 1.807) is 0 Å². The van der Waals surface area contributed by atoms with Gasteiger partial charge in [0.1, 0.15) is 11.6 Å². The Hall–Kier alpha value is -1.61. The Bertz CT molecular complexity index is 439. The third-order valence-electron chi connectivity index (χ3n) is 2.35. The molecular weight excluding hydrogens is 287 g/mol. The highest BCUT2D eigenvalue weighted by Gasteiger charge is 2.35. The van der Waals surface area contributed by atoms with Crippen LogP contribution in [0.3, 0.4) is 0 Å². The molecule has 0 saturated heterocycles. The van der Waals surface area contributed by atoms with Crippen LogP contribution < -0.4 is 16.6 Å². The van der Waals surface area contributed by atoms with Gasteiger partial charge in [-0.3, -0.25) is 0 Å². The Morgan fingerprint density at radius 3 is 2.52 bits per heavy atom. The van der Waals surface area contributed by atoms with Gasteiger partial charge < -0.3 is 15.5 Å². The van der Waals surface area contributed by atoms with Crippen LogP contribution in [0.4, 0.5) is 24.8 Å². The van der Waals surface area contributed by atoms with Gasteiger partial charge in [0.05, 0.1) is 0 Å². The summed E-state index contributed by atoms with van der Waals surface area (Å²) in [6.07, 6.45) is -3.97. The molecule has 0 unspecified atom stereocenters. The highest BCUT2D eigenvalue weighted by Crippen LogP contribution is 2.28. The number of nitrogens with two attached hydrogens (primary N) is 1. The van der Waals surface area contributed by atoms with E-state index < -0.39 is 12.0 Å². The summed E-state index contributed by atoms with van der Waals surface area (Å²) in [5.74, 6) is 4.27. The number of hydrogen-bond acceptors (Lipinski definition) is 6. The molecule has 1 rings (SSSR count). The van der Waals surface area contributed by atoms with E-state index in [1.807, 2.05) is 13.8 Å². The van der Waals surface area contributed by atoms with E-state index in [0.29, 0.717) is 32.1 Å². The fourth-order valence-corrected chi connectivity index (χ4v) is 1.45. The number of rotatable bonds is 8. The summed E-state index contributed by atoms with van der Waals surface area (Å²) < 4.78 is 43.2. The van der Waals surface area contributed by atoms with Gasteiger partial charge in [0.25, 0.3) is 0 Å². The number of hydrazine groups is 1. The van der Waals surface area contributed by atoms with E-state index in [2.05, 4.69) is 20.7 Å². The molecular formula is C12H20F3N5O. The second-order valence-electron chi connectivity index (χ2n) is 4.85. The molecule has 0 aromatic carbocycles. The van der Waals surface area contributed by atoms with E-state index in [4.69, 9.17) is 10.6 Å². The lowest BCUT2D eigenvalue weighted by molar-refractivity contribution is -0.144. The number of alkyl halides is 3. The second-order valence-corrected chi connectivity index (χ2v) is 4.85. The summed E-state index contributed by atoms with van der Waals surface area (Å²) >= 11 is 0. The van der Waals surface area contributed by atoms with Gasteiger partial charge in [-0.15, -0.1) is 0 Å². The molecule has 0 aliphatic rings. The minimum absolute atomic E-state index is 0.0640. The monoisotopic (exact) mass is 307 g/mol. The van der Waals surface area contributed by atoms with Crippen LogP contribution in [0.25, 0.3) is 0 Å². The zero-order valence-electron chi connectivity index (χ0n) is 12.0. The molecule has 1 heterocycles. The molecule has 0 radical (unpaired) electrons. The standard InChI is InChI=1S/C12H20F3N5O/c1-8(2)7-21-5-3-4-17-9-6-10(20-16)19-11(18-9)12(13,14)15/h6,8H,3-5,7,16H2,1-2H3,(H2,17,18,19,20). The van der Waals surface area contributed by atoms with Gasteiger partial charge in [-0.25, -0.2) is 15.8 Å². The van der Waals surface area contributed by atoms with Crippen molar-refractivity contribution in [2.75, 3.05) is 30.5 Å². The van der Waals surface area contributed by atoms with Crippen molar-refractivity contribution in [3.05, 3.63) is 11.9 Å². The molecule has 0 aliphatic heterocycles. The molecule has 0 atom stereocenters. The summed E-state index contributed by atoms with van der Waals surface area (Å²) in [5, 5.41) is 2.79. The van der Waals surface area contributed by atoms with Crippen LogP contribution >= 0.6 is 0 Å². The first-order valence-corrected chi connectivity index (χ1v) is 6.57. The summed E-state index contributed by atoms with van der Waals surface area (Å²) in [5.41, 5.74) is 2.09. The fraction of sp³-hybridized carbons (Fsp3) is 0.667. The summed E-state index contributed by atoms with van der Waals surface area (Å²) in [6, 6.07) is 1.31. The molecule has 6 nitrogen and oxygen atoms in total. The quantitative estimate of drug-likeness (QED) is 0.388. The number of halogens is 3. The minimum Gasteiger partial charge on any atom is -0.381 e. The van der Waals surface area contributed by atoms with Gasteiger partial charge >= 0.3 is 6.18 Å². The van der Waals surface area contributed by atoms with Crippen LogP contribution in [0, 0.1) is 5.92 Å². The van der Waals surface area contributed by atoms with Crippen LogP contribution in [-0.2, 0) is 10.9 Å². The molecule has 0 aliphatic carbocycles. The number of anilines is 2. The van der Waals surface area contributed by atoms with Crippen LogP contribution in [-0.4, -0.2) is 29.7 Å². The van der Waals surface area contributed by atoms with Crippen molar-refractivity contribution < 1.29 is 17.9 Å². The van der Waals surface area contributed by atoms with Crippen LogP contribution in [0.1, 0.15) is 26.1 Å². The molecule has 1 aromatic heterocycles. The Morgan fingerprint density at radius 1 is 1.29 bits per heavy atom. The molecule has 21 heavy (non-hydrogen) atoms. The molecule has 0 spiro atoms. The van der Waals surface area contributed by atoms with Crippen molar-refractivity contribution >= 4 is 11.6 Å². The average molecular weight is 307 g/mol. The smallest absolute Gasteiger partial charge is 0.381 e. The lowest BCUT2D eigenvalue weighted by atomic mass is 10.2. The van der Waals surface area contributed by atoms with Gasteiger partial charge in [0.2, 0.25) is 5.82 Å². The van der Waals surface area contributed by atoms with E-state index in [1.165, 1.54) is 6.07 Å². The predicted octanol–water partition coefficient (Wildman–Crippen LogP) is 2.26. The number of nitrogens with zero attached hydrogens (tertiary/aromatic N) is 2. The number of aromatic nitrogens is 2. The maximum atomic E-state index is 12.6. The molecule has 0 saturated carbocycles. The fourth-order valence-electron chi connectivity index (χ4n) is 1.45. The largest absolute Gasteiger partial charge is 0.451 e. The van der Waals surface area contributed by atoms with Crippen molar-refractivity contribution in [2.45, 2.75) is 26.4 Å². The minimum atomic E-state index is -4.62. The topological polar surface area (TPSA) is 85.1 Å². The Labute approximate surface area is 121 Å². The lowest BCUT2D eigenvalue weighted by Gasteiger charge is -2.11. The molecule has 0 bridgehead atoms. The first kappa shape index (κ1) is 17.4. The first-order valence-electron chi connectivity index (χ1n) is 6.57. The molecule has 0 amide bonds. The molecule has 9 heteroatoms. The first-order chi connectivity index (χ1) is 9.82. The summed E-state index contributed by atoms with van der Waals surface area (Å²) in [6.45, 7) is 5.71. The van der Waals surface area contributed by atoms with E-state index in [9.17, 15) is 13.2 Å². The molecule has 0 fully saturated rings. The van der Waals surface area contributed by atoms with E-state index in [-0.39, 0.29) is 11.6 Å². The van der Waals surface area contributed by atoms with Crippen molar-refractivity contribution in [1.82, 2.24) is 9.97 Å². The highest BCUT2D eigenvalue weighted by atomic mass is 19.4. The van der Waals surface area contributed by atoms with Crippen LogP contribution in [0.5, 0.6) is 0 Å². The maximum absolute atomic E-state index is 12.6. The number of hydrogen-bond donors (Lipinski definition) is 3. The molecule has 1 aromatic rings. The van der Waals surface area contributed by atoms with E-state index >= 15 is 0 Å². The zero-order chi connectivity index (χ0) is 15.9. The van der Waals surface area contributed by atoms with Crippen molar-refractivity contribution in [1.29, 1.82) is 0 Å². The SMILES string of the molecule is CC(C)COCCCNc1cc(NN)nc(C(F)(F)F)n1. The predicted molar refractivity (Wildman–Crippen MR) is 73.6 cm³/mol. The normalized spacial score (nSPS) is 11.8. The summed E-state index contributed by atoms with van der Waals surface area (Å²) in [7, 11) is 0. The third kappa shape index (κ3) is 6.58. The maximum Gasteiger partial charge on any atom is 0.451 e. The second kappa shape index (κ2) is 7.99. The number of nitrogens with one attached hydrogen (secondary N) is 2. The van der Waals surface area contributed by atoms with Crippen LogP contribution in [0.15, 0.2) is 6.07 Å². The van der Waals surface area contributed by atoms with Crippen molar-refractivity contribution in [3.8, 4) is 0 Å². The van der Waals surface area contributed by atoms with Crippen molar-refractivity contribution in [2.24, 2.45) is 11.8 Å². The molecule has 120 valence electrons. The van der Waals surface area contributed by atoms with Crippen LogP contribution in [0.2, 0.25) is 0 Å². The summed E-state index contributed by atoms with van der Waals surface area (Å²) in [4.78, 5) is 6.68. The molecule has 4 N–H and O–H groups in total.